The van der Waals surface area contributed by atoms with Crippen molar-refractivity contribution in [3.63, 3.8) is 0 Å². The summed E-state index contributed by atoms with van der Waals surface area (Å²) in [6.45, 7) is 7.63. The molecule has 1 heterocycles. The van der Waals surface area contributed by atoms with E-state index in [4.69, 9.17) is 4.65 Å². The molecular weight excluding hydrogens is 205 g/mol. The summed E-state index contributed by atoms with van der Waals surface area (Å²) in [5.41, 5.74) is -1.13. The molecular formula is C11H22BNO3. The molecule has 0 radical (unpaired) electrons. The summed E-state index contributed by atoms with van der Waals surface area (Å²) in [6, 6.07) is 0. The van der Waals surface area contributed by atoms with Crippen molar-refractivity contribution in [2.75, 3.05) is 6.54 Å². The molecule has 0 spiro atoms. The molecule has 1 rings (SSSR count). The first-order chi connectivity index (χ1) is 7.24. The number of hydrogen-bond donors (Lipinski definition) is 2. The third kappa shape index (κ3) is 3.30. The first kappa shape index (κ1) is 13.7. The van der Waals surface area contributed by atoms with Crippen LogP contribution in [0.5, 0.6) is 0 Å². The standard InChI is InChI=1S/C11H22BNO3/c1-10(2,14)11(3,4)16-12(15)9-7-5-6-8-13-9/h14-15H,5-8H2,1-4H3. The zero-order valence-electron chi connectivity index (χ0n) is 10.7. The van der Waals surface area contributed by atoms with Crippen molar-refractivity contribution in [2.45, 2.75) is 58.2 Å². The van der Waals surface area contributed by atoms with E-state index in [2.05, 4.69) is 4.99 Å². The lowest BCUT2D eigenvalue weighted by Gasteiger charge is -2.38. The van der Waals surface area contributed by atoms with E-state index < -0.39 is 18.3 Å². The van der Waals surface area contributed by atoms with Crippen molar-refractivity contribution in [1.29, 1.82) is 0 Å². The Morgan fingerprint density at radius 1 is 1.25 bits per heavy atom. The van der Waals surface area contributed by atoms with Crippen molar-refractivity contribution < 1.29 is 14.8 Å². The van der Waals surface area contributed by atoms with Gasteiger partial charge in [0.2, 0.25) is 0 Å². The summed E-state index contributed by atoms with van der Waals surface area (Å²) >= 11 is 0. The maximum atomic E-state index is 9.92. The number of hydrogen-bond acceptors (Lipinski definition) is 4. The highest BCUT2D eigenvalue weighted by atomic mass is 16.5. The van der Waals surface area contributed by atoms with Crippen LogP contribution in [0.1, 0.15) is 47.0 Å². The van der Waals surface area contributed by atoms with Crippen molar-refractivity contribution in [2.24, 2.45) is 4.99 Å². The van der Waals surface area contributed by atoms with Gasteiger partial charge in [-0.25, -0.2) is 0 Å². The fraction of sp³-hybridized carbons (Fsp3) is 0.909. The summed E-state index contributed by atoms with van der Waals surface area (Å²) in [7, 11) is -0.998. The van der Waals surface area contributed by atoms with Gasteiger partial charge in [0.1, 0.15) is 0 Å². The van der Waals surface area contributed by atoms with Gasteiger partial charge in [-0.3, -0.25) is 4.99 Å². The molecule has 1 aliphatic rings. The van der Waals surface area contributed by atoms with Crippen LogP contribution in [0.4, 0.5) is 0 Å². The van der Waals surface area contributed by atoms with E-state index >= 15 is 0 Å². The quantitative estimate of drug-likeness (QED) is 0.709. The van der Waals surface area contributed by atoms with Crippen molar-refractivity contribution >= 4 is 12.7 Å². The van der Waals surface area contributed by atoms with Gasteiger partial charge in [0.05, 0.1) is 11.2 Å². The van der Waals surface area contributed by atoms with Gasteiger partial charge in [0.15, 0.2) is 0 Å². The SMILES string of the molecule is CC(C)(O)C(C)(C)OB(O)C1=NCCCC1. The molecule has 0 aliphatic carbocycles. The highest BCUT2D eigenvalue weighted by Gasteiger charge is 2.40. The number of rotatable bonds is 4. The van der Waals surface area contributed by atoms with E-state index in [9.17, 15) is 10.1 Å². The molecule has 2 N–H and O–H groups in total. The zero-order valence-corrected chi connectivity index (χ0v) is 10.7. The van der Waals surface area contributed by atoms with Gasteiger partial charge in [0.25, 0.3) is 0 Å². The molecule has 0 bridgehead atoms. The van der Waals surface area contributed by atoms with E-state index in [0.29, 0.717) is 5.61 Å². The van der Waals surface area contributed by atoms with Gasteiger partial charge >= 0.3 is 7.12 Å². The summed E-state index contributed by atoms with van der Waals surface area (Å²) in [5, 5.41) is 19.8. The van der Waals surface area contributed by atoms with Gasteiger partial charge in [-0.2, -0.15) is 0 Å². The topological polar surface area (TPSA) is 62.0 Å². The number of nitrogens with zero attached hydrogens (tertiary/aromatic N) is 1. The van der Waals surface area contributed by atoms with Crippen LogP contribution in [0.3, 0.4) is 0 Å². The third-order valence-electron chi connectivity index (χ3n) is 3.32. The molecule has 0 saturated heterocycles. The van der Waals surface area contributed by atoms with Crippen LogP contribution < -0.4 is 0 Å². The average molecular weight is 227 g/mol. The first-order valence-corrected chi connectivity index (χ1v) is 5.85. The third-order valence-corrected chi connectivity index (χ3v) is 3.32. The lowest BCUT2D eigenvalue weighted by molar-refractivity contribution is -0.0978. The van der Waals surface area contributed by atoms with Crippen LogP contribution >= 0.6 is 0 Å². The van der Waals surface area contributed by atoms with E-state index in [1.807, 2.05) is 0 Å². The molecule has 0 fully saturated rings. The van der Waals surface area contributed by atoms with Crippen molar-refractivity contribution in [3.05, 3.63) is 0 Å². The monoisotopic (exact) mass is 227 g/mol. The summed E-state index contributed by atoms with van der Waals surface area (Å²) in [4.78, 5) is 4.26. The van der Waals surface area contributed by atoms with Gasteiger partial charge in [-0.1, -0.05) is 0 Å². The van der Waals surface area contributed by atoms with Gasteiger partial charge in [-0.05, 0) is 47.0 Å². The zero-order chi connectivity index (χ0) is 12.4. The predicted octanol–water partition coefficient (Wildman–Crippen LogP) is 1.20. The second kappa shape index (κ2) is 4.86. The maximum Gasteiger partial charge on any atom is 0.506 e. The lowest BCUT2D eigenvalue weighted by Crippen LogP contribution is -2.52. The minimum Gasteiger partial charge on any atom is -0.422 e. The van der Waals surface area contributed by atoms with Crippen LogP contribution in [0, 0.1) is 0 Å². The molecule has 4 nitrogen and oxygen atoms in total. The molecule has 0 unspecified atom stereocenters. The Morgan fingerprint density at radius 3 is 2.31 bits per heavy atom. The molecule has 92 valence electrons. The molecule has 0 aromatic heterocycles. The van der Waals surface area contributed by atoms with E-state index in [0.717, 1.165) is 25.8 Å². The Hall–Kier alpha value is -0.385. The number of aliphatic hydroxyl groups is 1. The Kier molecular flexibility index (Phi) is 4.15. The highest BCUT2D eigenvalue weighted by molar-refractivity contribution is 6.81. The van der Waals surface area contributed by atoms with E-state index in [-0.39, 0.29) is 0 Å². The van der Waals surface area contributed by atoms with Crippen LogP contribution in [-0.4, -0.2) is 40.6 Å². The minimum atomic E-state index is -1.01. The van der Waals surface area contributed by atoms with E-state index in [1.54, 1.807) is 27.7 Å². The van der Waals surface area contributed by atoms with Crippen LogP contribution in [0.25, 0.3) is 0 Å². The highest BCUT2D eigenvalue weighted by Crippen LogP contribution is 2.26. The molecule has 1 aliphatic heterocycles. The fourth-order valence-corrected chi connectivity index (χ4v) is 1.41. The lowest BCUT2D eigenvalue weighted by atomic mass is 9.75. The second-order valence-corrected chi connectivity index (χ2v) is 5.37. The summed E-state index contributed by atoms with van der Waals surface area (Å²) in [5.74, 6) is 0. The Labute approximate surface area is 97.9 Å². The van der Waals surface area contributed by atoms with Crippen molar-refractivity contribution in [1.82, 2.24) is 0 Å². The van der Waals surface area contributed by atoms with Crippen LogP contribution in [0.15, 0.2) is 4.99 Å². The first-order valence-electron chi connectivity index (χ1n) is 5.85. The molecule has 0 aromatic rings. The number of aliphatic imine (C=N–C) groups is 1. The van der Waals surface area contributed by atoms with E-state index in [1.165, 1.54) is 0 Å². The van der Waals surface area contributed by atoms with Crippen molar-refractivity contribution in [3.8, 4) is 0 Å². The largest absolute Gasteiger partial charge is 0.506 e. The molecule has 5 heteroatoms. The Morgan fingerprint density at radius 2 is 1.88 bits per heavy atom. The average Bonchev–Trinajstić information content (AvgIpc) is 2.16. The van der Waals surface area contributed by atoms with Gasteiger partial charge in [0, 0.05) is 12.2 Å². The second-order valence-electron chi connectivity index (χ2n) is 5.37. The predicted molar refractivity (Wildman–Crippen MR) is 65.6 cm³/mol. The summed E-state index contributed by atoms with van der Waals surface area (Å²) in [6.07, 6.45) is 2.90. The normalized spacial score (nSPS) is 18.2. The van der Waals surface area contributed by atoms with Crippen LogP contribution in [0.2, 0.25) is 0 Å². The fourth-order valence-electron chi connectivity index (χ4n) is 1.41. The maximum absolute atomic E-state index is 9.92. The van der Waals surface area contributed by atoms with Crippen LogP contribution in [-0.2, 0) is 4.65 Å². The van der Waals surface area contributed by atoms with Gasteiger partial charge in [-0.15, -0.1) is 0 Å². The van der Waals surface area contributed by atoms with Gasteiger partial charge < -0.3 is 14.8 Å². The Balaban J connectivity index is 2.63. The Bertz CT molecular complexity index is 271. The molecule has 16 heavy (non-hydrogen) atoms. The molecule has 0 atom stereocenters. The summed E-state index contributed by atoms with van der Waals surface area (Å²) < 4.78 is 5.52. The molecule has 0 saturated carbocycles. The minimum absolute atomic E-state index is 0.698. The smallest absolute Gasteiger partial charge is 0.422 e. The molecule has 0 aromatic carbocycles. The molecule has 0 amide bonds.